The van der Waals surface area contributed by atoms with Gasteiger partial charge in [-0.1, -0.05) is 60.2 Å². The zero-order valence-corrected chi connectivity index (χ0v) is 11.8. The zero-order valence-electron chi connectivity index (χ0n) is 11.1. The summed E-state index contributed by atoms with van der Waals surface area (Å²) in [5.41, 5.74) is 3.86. The van der Waals surface area contributed by atoms with Crippen LogP contribution in [-0.4, -0.2) is 0 Å². The number of nitrogens with one attached hydrogen (secondary N) is 1. The van der Waals surface area contributed by atoms with E-state index >= 15 is 0 Å². The minimum absolute atomic E-state index is 0.290. The summed E-state index contributed by atoms with van der Waals surface area (Å²) in [6.45, 7) is 0. The first kappa shape index (κ1) is 12.0. The molecular weight excluding hydrogens is 266 g/mol. The largest absolute Gasteiger partial charge is 0.378 e. The van der Waals surface area contributed by atoms with E-state index < -0.39 is 0 Å². The average Bonchev–Trinajstić information content (AvgIpc) is 2.97. The maximum Gasteiger partial charge on any atom is 0.0568 e. The fourth-order valence-corrected chi connectivity index (χ4v) is 3.83. The van der Waals surface area contributed by atoms with Crippen LogP contribution in [0, 0.1) is 5.92 Å². The molecule has 3 atom stereocenters. The Morgan fingerprint density at radius 1 is 0.950 bits per heavy atom. The van der Waals surface area contributed by atoms with Gasteiger partial charge in [0.1, 0.15) is 0 Å². The lowest BCUT2D eigenvalue weighted by atomic mass is 9.77. The van der Waals surface area contributed by atoms with E-state index in [9.17, 15) is 0 Å². The number of para-hydroxylation sites is 1. The number of fused-ring (bicyclic) bond motifs is 3. The number of allylic oxidation sites excluding steroid dienone is 2. The van der Waals surface area contributed by atoms with Crippen LogP contribution < -0.4 is 5.32 Å². The number of benzene rings is 2. The third-order valence-corrected chi connectivity index (χ3v) is 4.86. The van der Waals surface area contributed by atoms with Crippen molar-refractivity contribution in [2.24, 2.45) is 5.92 Å². The standard InChI is InChI=1S/C18H16ClN/c19-16-10-3-1-7-15(16)18-14-9-5-8-12(14)13-6-2-4-11-17(13)20-18/h1-8,10-12,14,18,20H,9H2/t12-,14-,18+/m1/s1. The fraction of sp³-hybridized carbons (Fsp3) is 0.222. The second kappa shape index (κ2) is 4.68. The van der Waals surface area contributed by atoms with Gasteiger partial charge in [-0.2, -0.15) is 0 Å². The summed E-state index contributed by atoms with van der Waals surface area (Å²) in [6.07, 6.45) is 5.78. The smallest absolute Gasteiger partial charge is 0.0568 e. The maximum atomic E-state index is 6.41. The lowest BCUT2D eigenvalue weighted by Gasteiger charge is -2.37. The molecule has 100 valence electrons. The topological polar surface area (TPSA) is 12.0 Å². The van der Waals surface area contributed by atoms with Crippen molar-refractivity contribution < 1.29 is 0 Å². The summed E-state index contributed by atoms with van der Waals surface area (Å²) in [5, 5.41) is 4.56. The number of hydrogen-bond donors (Lipinski definition) is 1. The number of rotatable bonds is 1. The Hall–Kier alpha value is -1.73. The lowest BCUT2D eigenvalue weighted by Crippen LogP contribution is -2.29. The van der Waals surface area contributed by atoms with E-state index in [1.54, 1.807) is 0 Å². The van der Waals surface area contributed by atoms with E-state index in [2.05, 4.69) is 53.9 Å². The van der Waals surface area contributed by atoms with E-state index in [1.165, 1.54) is 16.8 Å². The minimum atomic E-state index is 0.290. The third kappa shape index (κ3) is 1.77. The Labute approximate surface area is 124 Å². The molecule has 1 N–H and O–H groups in total. The molecule has 0 unspecified atom stereocenters. The van der Waals surface area contributed by atoms with Crippen molar-refractivity contribution in [1.82, 2.24) is 0 Å². The summed E-state index contributed by atoms with van der Waals surface area (Å²) in [5.74, 6) is 1.07. The quantitative estimate of drug-likeness (QED) is 0.711. The normalized spacial score (nSPS) is 26.8. The molecule has 0 fully saturated rings. The van der Waals surface area contributed by atoms with Crippen LogP contribution in [0.25, 0.3) is 0 Å². The SMILES string of the molecule is Clc1ccccc1[C@H]1Nc2ccccc2[C@H]2C=CC[C@H]21. The highest BCUT2D eigenvalue weighted by Crippen LogP contribution is 2.50. The van der Waals surface area contributed by atoms with Crippen molar-refractivity contribution in [3.63, 3.8) is 0 Å². The van der Waals surface area contributed by atoms with Gasteiger partial charge in [-0.05, 0) is 35.6 Å². The van der Waals surface area contributed by atoms with Crippen molar-refractivity contribution in [1.29, 1.82) is 0 Å². The molecule has 0 radical (unpaired) electrons. The highest BCUT2D eigenvalue weighted by Gasteiger charge is 2.38. The van der Waals surface area contributed by atoms with Crippen molar-refractivity contribution in [2.75, 3.05) is 5.32 Å². The van der Waals surface area contributed by atoms with Crippen LogP contribution in [0.1, 0.15) is 29.5 Å². The summed E-state index contributed by atoms with van der Waals surface area (Å²) in [6, 6.07) is 17.1. The second-order valence-corrected chi connectivity index (χ2v) is 5.99. The average molecular weight is 282 g/mol. The van der Waals surface area contributed by atoms with Crippen molar-refractivity contribution in [3.05, 3.63) is 76.8 Å². The summed E-state index contributed by atoms with van der Waals surface area (Å²) >= 11 is 6.41. The van der Waals surface area contributed by atoms with Crippen LogP contribution in [0.2, 0.25) is 5.02 Å². The van der Waals surface area contributed by atoms with Gasteiger partial charge in [0.15, 0.2) is 0 Å². The van der Waals surface area contributed by atoms with Crippen molar-refractivity contribution >= 4 is 17.3 Å². The van der Waals surface area contributed by atoms with E-state index in [1.807, 2.05) is 12.1 Å². The first-order valence-electron chi connectivity index (χ1n) is 7.11. The third-order valence-electron chi connectivity index (χ3n) is 4.51. The molecule has 20 heavy (non-hydrogen) atoms. The highest BCUT2D eigenvalue weighted by molar-refractivity contribution is 6.31. The van der Waals surface area contributed by atoms with Gasteiger partial charge in [0, 0.05) is 16.6 Å². The molecule has 1 heterocycles. The van der Waals surface area contributed by atoms with E-state index in [0.717, 1.165) is 11.4 Å². The number of halogens is 1. The van der Waals surface area contributed by atoms with Gasteiger partial charge in [-0.25, -0.2) is 0 Å². The van der Waals surface area contributed by atoms with E-state index in [-0.39, 0.29) is 0 Å². The molecule has 1 aliphatic carbocycles. The molecule has 0 saturated carbocycles. The van der Waals surface area contributed by atoms with Crippen LogP contribution in [-0.2, 0) is 0 Å². The Morgan fingerprint density at radius 2 is 1.70 bits per heavy atom. The zero-order chi connectivity index (χ0) is 13.5. The highest BCUT2D eigenvalue weighted by atomic mass is 35.5. The molecule has 1 aliphatic heterocycles. The molecule has 0 bridgehead atoms. The lowest BCUT2D eigenvalue weighted by molar-refractivity contribution is 0.425. The van der Waals surface area contributed by atoms with Crippen molar-refractivity contribution in [2.45, 2.75) is 18.4 Å². The minimum Gasteiger partial charge on any atom is -0.378 e. The second-order valence-electron chi connectivity index (χ2n) is 5.58. The van der Waals surface area contributed by atoms with E-state index in [0.29, 0.717) is 17.9 Å². The fourth-order valence-electron chi connectivity index (χ4n) is 3.58. The van der Waals surface area contributed by atoms with Crippen LogP contribution in [0.3, 0.4) is 0 Å². The van der Waals surface area contributed by atoms with Gasteiger partial charge in [-0.3, -0.25) is 0 Å². The van der Waals surface area contributed by atoms with Gasteiger partial charge in [0.2, 0.25) is 0 Å². The van der Waals surface area contributed by atoms with Gasteiger partial charge in [0.25, 0.3) is 0 Å². The Bertz CT molecular complexity index is 677. The molecule has 4 rings (SSSR count). The maximum absolute atomic E-state index is 6.41. The van der Waals surface area contributed by atoms with Crippen LogP contribution in [0.5, 0.6) is 0 Å². The van der Waals surface area contributed by atoms with Gasteiger partial charge >= 0.3 is 0 Å². The van der Waals surface area contributed by atoms with Crippen LogP contribution in [0.4, 0.5) is 5.69 Å². The molecule has 2 aromatic rings. The van der Waals surface area contributed by atoms with Crippen LogP contribution in [0.15, 0.2) is 60.7 Å². The molecule has 0 aromatic heterocycles. The summed E-state index contributed by atoms with van der Waals surface area (Å²) in [7, 11) is 0. The molecule has 1 nitrogen and oxygen atoms in total. The predicted octanol–water partition coefficient (Wildman–Crippen LogP) is 5.17. The monoisotopic (exact) mass is 281 g/mol. The molecule has 2 aliphatic rings. The van der Waals surface area contributed by atoms with Gasteiger partial charge < -0.3 is 5.32 Å². The Kier molecular flexibility index (Phi) is 2.82. The Morgan fingerprint density at radius 3 is 2.55 bits per heavy atom. The predicted molar refractivity (Wildman–Crippen MR) is 84.2 cm³/mol. The molecular formula is C18H16ClN. The molecule has 0 saturated heterocycles. The number of hydrogen-bond acceptors (Lipinski definition) is 1. The summed E-state index contributed by atoms with van der Waals surface area (Å²) in [4.78, 5) is 0. The van der Waals surface area contributed by atoms with E-state index in [4.69, 9.17) is 11.6 Å². The van der Waals surface area contributed by atoms with Crippen molar-refractivity contribution in [3.8, 4) is 0 Å². The first-order valence-corrected chi connectivity index (χ1v) is 7.49. The molecule has 0 amide bonds. The Balaban J connectivity index is 1.82. The first-order chi connectivity index (χ1) is 9.84. The summed E-state index contributed by atoms with van der Waals surface area (Å²) < 4.78 is 0. The van der Waals surface area contributed by atoms with Gasteiger partial charge in [0.05, 0.1) is 6.04 Å². The number of anilines is 1. The van der Waals surface area contributed by atoms with Gasteiger partial charge in [-0.15, -0.1) is 0 Å². The molecule has 0 spiro atoms. The molecule has 2 heteroatoms. The molecule has 2 aromatic carbocycles. The van der Waals surface area contributed by atoms with Crippen LogP contribution >= 0.6 is 11.6 Å².